The van der Waals surface area contributed by atoms with Crippen LogP contribution < -0.4 is 10.6 Å². The normalized spacial score (nSPS) is 18.6. The number of hydrogen-bond donors (Lipinski definition) is 2. The maximum atomic E-state index is 12.2. The lowest BCUT2D eigenvalue weighted by Crippen LogP contribution is -2.17. The number of nitrogens with one attached hydrogen (secondary N) is 2. The second-order valence-corrected chi connectivity index (χ2v) is 10.3. The molecule has 1 aliphatic rings. The van der Waals surface area contributed by atoms with Crippen molar-refractivity contribution in [3.8, 4) is 0 Å². The van der Waals surface area contributed by atoms with E-state index in [1.807, 2.05) is 33.2 Å². The number of rotatable bonds is 7. The fourth-order valence-electron chi connectivity index (χ4n) is 3.62. The van der Waals surface area contributed by atoms with E-state index in [4.69, 9.17) is 0 Å². The molecule has 2 N–H and O–H groups in total. The number of hydrogen-bond acceptors (Lipinski definition) is 9. The van der Waals surface area contributed by atoms with E-state index in [1.54, 1.807) is 4.68 Å². The number of nitrogens with zero attached hydrogens (tertiary/aromatic N) is 6. The fraction of sp³-hybridized carbons (Fsp3) is 0.550. The van der Waals surface area contributed by atoms with Crippen molar-refractivity contribution in [2.75, 3.05) is 10.6 Å². The van der Waals surface area contributed by atoms with E-state index in [2.05, 4.69) is 36.1 Å². The summed E-state index contributed by atoms with van der Waals surface area (Å²) in [6.07, 6.45) is 5.95. The summed E-state index contributed by atoms with van der Waals surface area (Å²) in [7, 11) is 1.82. The number of anilines is 2. The molecule has 32 heavy (non-hydrogen) atoms. The Morgan fingerprint density at radius 2 is 1.56 bits per heavy atom. The van der Waals surface area contributed by atoms with Crippen LogP contribution in [0.25, 0.3) is 0 Å². The molecule has 3 aromatic rings. The quantitative estimate of drug-likeness (QED) is 0.537. The van der Waals surface area contributed by atoms with E-state index in [9.17, 15) is 9.59 Å². The van der Waals surface area contributed by atoms with Crippen LogP contribution in [-0.4, -0.2) is 42.0 Å². The molecule has 12 heteroatoms. The van der Waals surface area contributed by atoms with E-state index < -0.39 is 0 Å². The van der Waals surface area contributed by atoms with Crippen LogP contribution in [0.5, 0.6) is 0 Å². The topological polar surface area (TPSA) is 128 Å². The third-order valence-electron chi connectivity index (χ3n) is 5.42. The fourth-order valence-corrected chi connectivity index (χ4v) is 5.47. The van der Waals surface area contributed by atoms with Gasteiger partial charge in [0.2, 0.25) is 22.1 Å². The summed E-state index contributed by atoms with van der Waals surface area (Å²) in [5.74, 6) is 0.397. The second kappa shape index (κ2) is 9.82. The Hall–Kier alpha value is -2.73. The van der Waals surface area contributed by atoms with E-state index in [-0.39, 0.29) is 24.2 Å². The van der Waals surface area contributed by atoms with Gasteiger partial charge in [0.1, 0.15) is 10.0 Å². The van der Waals surface area contributed by atoms with Crippen molar-refractivity contribution in [2.24, 2.45) is 13.0 Å². The third-order valence-corrected chi connectivity index (χ3v) is 7.42. The lowest BCUT2D eigenvalue weighted by atomic mass is 9.83. The van der Waals surface area contributed by atoms with Crippen molar-refractivity contribution in [2.45, 2.75) is 57.8 Å². The average molecular weight is 475 g/mol. The molecule has 3 aromatic heterocycles. The van der Waals surface area contributed by atoms with Crippen LogP contribution >= 0.6 is 22.7 Å². The molecule has 0 aromatic carbocycles. The van der Waals surface area contributed by atoms with Crippen molar-refractivity contribution in [1.29, 1.82) is 0 Å². The maximum Gasteiger partial charge on any atom is 0.232 e. The Balaban J connectivity index is 1.27. The largest absolute Gasteiger partial charge is 0.300 e. The first-order valence-electron chi connectivity index (χ1n) is 10.6. The summed E-state index contributed by atoms with van der Waals surface area (Å²) in [6, 6.07) is 1.82. The Bertz CT molecular complexity index is 1080. The highest BCUT2D eigenvalue weighted by atomic mass is 32.1. The minimum Gasteiger partial charge on any atom is -0.300 e. The molecule has 0 spiro atoms. The molecule has 1 aliphatic carbocycles. The molecular formula is C20H26N8O2S2. The molecule has 0 atom stereocenters. The molecule has 10 nitrogen and oxygen atoms in total. The molecule has 4 rings (SSSR count). The van der Waals surface area contributed by atoms with Gasteiger partial charge in [-0.2, -0.15) is 5.10 Å². The molecule has 0 radical (unpaired) electrons. The first-order chi connectivity index (χ1) is 15.4. The Kier molecular flexibility index (Phi) is 6.89. The molecule has 0 saturated heterocycles. The number of aryl methyl sites for hydroxylation is 1. The first kappa shape index (κ1) is 22.5. The number of aromatic nitrogens is 6. The van der Waals surface area contributed by atoms with Gasteiger partial charge < -0.3 is 10.6 Å². The molecule has 0 unspecified atom stereocenters. The van der Waals surface area contributed by atoms with Gasteiger partial charge in [0.25, 0.3) is 0 Å². The Morgan fingerprint density at radius 3 is 2.06 bits per heavy atom. The lowest BCUT2D eigenvalue weighted by molar-refractivity contribution is -0.119. The molecule has 1 saturated carbocycles. The van der Waals surface area contributed by atoms with Crippen molar-refractivity contribution in [3.63, 3.8) is 0 Å². The summed E-state index contributed by atoms with van der Waals surface area (Å²) in [5.41, 5.74) is 0.719. The predicted octanol–water partition coefficient (Wildman–Crippen LogP) is 3.34. The smallest absolute Gasteiger partial charge is 0.232 e. The summed E-state index contributed by atoms with van der Waals surface area (Å²) in [4.78, 5) is 24.1. The van der Waals surface area contributed by atoms with E-state index in [0.29, 0.717) is 22.1 Å². The highest BCUT2D eigenvalue weighted by Crippen LogP contribution is 2.42. The minimum absolute atomic E-state index is 0.0457. The zero-order valence-electron chi connectivity index (χ0n) is 18.2. The van der Waals surface area contributed by atoms with Gasteiger partial charge in [0, 0.05) is 31.0 Å². The van der Waals surface area contributed by atoms with Crippen LogP contribution in [0, 0.1) is 5.92 Å². The summed E-state index contributed by atoms with van der Waals surface area (Å²) < 4.78 is 1.67. The average Bonchev–Trinajstić information content (AvgIpc) is 3.50. The van der Waals surface area contributed by atoms with Crippen LogP contribution in [0.4, 0.5) is 10.3 Å². The van der Waals surface area contributed by atoms with Crippen LogP contribution in [0.3, 0.4) is 0 Å². The molecule has 1 fully saturated rings. The van der Waals surface area contributed by atoms with Gasteiger partial charge in [-0.25, -0.2) is 0 Å². The van der Waals surface area contributed by atoms with Gasteiger partial charge in [-0.3, -0.25) is 14.3 Å². The summed E-state index contributed by atoms with van der Waals surface area (Å²) >= 11 is 2.90. The van der Waals surface area contributed by atoms with Gasteiger partial charge in [-0.15, -0.1) is 20.4 Å². The first-order valence-corrected chi connectivity index (χ1v) is 12.3. The van der Waals surface area contributed by atoms with Crippen LogP contribution in [-0.2, 0) is 23.1 Å². The van der Waals surface area contributed by atoms with Gasteiger partial charge in [0.05, 0.1) is 12.1 Å². The highest BCUT2D eigenvalue weighted by molar-refractivity contribution is 7.15. The summed E-state index contributed by atoms with van der Waals surface area (Å²) in [5, 5.41) is 29.8. The van der Waals surface area contributed by atoms with Crippen molar-refractivity contribution >= 4 is 44.8 Å². The molecule has 0 bridgehead atoms. The minimum atomic E-state index is -0.147. The lowest BCUT2D eigenvalue weighted by Gasteiger charge is -2.25. The SMILES string of the molecule is CC(C)C(=O)Nc1nnc(C2CCC(c3nnc(NC(=O)Cc4ccn(C)n4)s3)CC2)s1. The van der Waals surface area contributed by atoms with Crippen molar-refractivity contribution in [1.82, 2.24) is 30.2 Å². The number of carbonyl (C=O) groups excluding carboxylic acids is 2. The zero-order valence-corrected chi connectivity index (χ0v) is 19.9. The van der Waals surface area contributed by atoms with Gasteiger partial charge in [0.15, 0.2) is 0 Å². The van der Waals surface area contributed by atoms with Crippen LogP contribution in [0.2, 0.25) is 0 Å². The van der Waals surface area contributed by atoms with Crippen LogP contribution in [0.1, 0.15) is 67.1 Å². The predicted molar refractivity (Wildman–Crippen MR) is 123 cm³/mol. The van der Waals surface area contributed by atoms with Crippen molar-refractivity contribution < 1.29 is 9.59 Å². The van der Waals surface area contributed by atoms with Gasteiger partial charge >= 0.3 is 0 Å². The number of carbonyl (C=O) groups is 2. The van der Waals surface area contributed by atoms with E-state index >= 15 is 0 Å². The van der Waals surface area contributed by atoms with Gasteiger partial charge in [-0.1, -0.05) is 36.5 Å². The molecular weight excluding hydrogens is 448 g/mol. The van der Waals surface area contributed by atoms with E-state index in [0.717, 1.165) is 41.4 Å². The van der Waals surface area contributed by atoms with Crippen LogP contribution in [0.15, 0.2) is 12.3 Å². The Labute approximate surface area is 193 Å². The standard InChI is InChI=1S/C20H26N8O2S2/c1-11(2)16(30)22-20-26-24-18(32-20)13-6-4-12(5-7-13)17-23-25-19(31-17)21-15(29)10-14-8-9-28(3)27-14/h8-9,11-13H,4-7,10H2,1-3H3,(H,21,25,29)(H,22,26,30). The maximum absolute atomic E-state index is 12.2. The van der Waals surface area contributed by atoms with E-state index in [1.165, 1.54) is 22.7 Å². The number of amides is 2. The molecule has 2 amide bonds. The molecule has 0 aliphatic heterocycles. The molecule has 3 heterocycles. The third kappa shape index (κ3) is 5.54. The zero-order chi connectivity index (χ0) is 22.7. The summed E-state index contributed by atoms with van der Waals surface area (Å²) in [6.45, 7) is 3.70. The Morgan fingerprint density at radius 1 is 1.00 bits per heavy atom. The monoisotopic (exact) mass is 474 g/mol. The van der Waals surface area contributed by atoms with Crippen molar-refractivity contribution in [3.05, 3.63) is 28.0 Å². The highest BCUT2D eigenvalue weighted by Gasteiger charge is 2.28. The second-order valence-electron chi connectivity index (χ2n) is 8.29. The van der Waals surface area contributed by atoms with Gasteiger partial charge in [-0.05, 0) is 31.7 Å². The molecule has 170 valence electrons.